The lowest BCUT2D eigenvalue weighted by Crippen LogP contribution is -2.44. The number of likely N-dealkylation sites (N-methyl/N-ethyl adjacent to an activating group) is 1. The summed E-state index contributed by atoms with van der Waals surface area (Å²) in [6, 6.07) is 5.37. The number of hydrogen-bond donors (Lipinski definition) is 2. The molecule has 0 aliphatic heterocycles. The summed E-state index contributed by atoms with van der Waals surface area (Å²) in [5.41, 5.74) is 1.26. The molecule has 0 aliphatic carbocycles. The third kappa shape index (κ3) is 2.67. The first-order chi connectivity index (χ1) is 7.42. The second kappa shape index (κ2) is 5.04. The Labute approximate surface area is 101 Å². The zero-order valence-electron chi connectivity index (χ0n) is 9.87. The fourth-order valence-corrected chi connectivity index (χ4v) is 1.63. The zero-order chi connectivity index (χ0) is 12.3. The molecule has 0 saturated heterocycles. The summed E-state index contributed by atoms with van der Waals surface area (Å²) in [6.45, 7) is 3.84. The van der Waals surface area contributed by atoms with Crippen molar-refractivity contribution in [2.75, 3.05) is 18.6 Å². The van der Waals surface area contributed by atoms with Crippen molar-refractivity contribution in [3.8, 4) is 0 Å². The average Bonchev–Trinajstić information content (AvgIpc) is 2.27. The Kier molecular flexibility index (Phi) is 4.19. The van der Waals surface area contributed by atoms with Crippen molar-refractivity contribution >= 4 is 17.3 Å². The van der Waals surface area contributed by atoms with E-state index in [9.17, 15) is 10.2 Å². The summed E-state index contributed by atoms with van der Waals surface area (Å²) < 4.78 is 0. The largest absolute Gasteiger partial charge is 0.394 e. The molecule has 0 radical (unpaired) electrons. The van der Waals surface area contributed by atoms with E-state index in [2.05, 4.69) is 0 Å². The molecular formula is C12H18ClNO2. The standard InChI is InChI=1S/C12H18ClNO2/c1-12(2,8-16)14(3)11-5-4-10(13)6-9(11)7-15/h4-6,15-16H,7-8H2,1-3H3. The quantitative estimate of drug-likeness (QED) is 0.851. The van der Waals surface area contributed by atoms with Crippen LogP contribution in [0.5, 0.6) is 0 Å². The predicted octanol–water partition coefficient (Wildman–Crippen LogP) is 2.04. The molecule has 0 amide bonds. The van der Waals surface area contributed by atoms with Crippen molar-refractivity contribution in [1.82, 2.24) is 0 Å². The minimum Gasteiger partial charge on any atom is -0.394 e. The Bertz CT molecular complexity index is 366. The first-order valence-electron chi connectivity index (χ1n) is 5.16. The van der Waals surface area contributed by atoms with Gasteiger partial charge in [0.1, 0.15) is 0 Å². The van der Waals surface area contributed by atoms with Crippen LogP contribution in [-0.4, -0.2) is 29.4 Å². The fourth-order valence-electron chi connectivity index (χ4n) is 1.44. The molecule has 0 fully saturated rings. The van der Waals surface area contributed by atoms with E-state index in [0.29, 0.717) is 5.02 Å². The molecule has 90 valence electrons. The highest BCUT2D eigenvalue weighted by Gasteiger charge is 2.24. The van der Waals surface area contributed by atoms with Gasteiger partial charge in [0.2, 0.25) is 0 Å². The van der Waals surface area contributed by atoms with Gasteiger partial charge in [0, 0.05) is 23.3 Å². The van der Waals surface area contributed by atoms with Crippen molar-refractivity contribution < 1.29 is 10.2 Å². The molecular weight excluding hydrogens is 226 g/mol. The number of nitrogens with zero attached hydrogens (tertiary/aromatic N) is 1. The van der Waals surface area contributed by atoms with Crippen molar-refractivity contribution in [2.24, 2.45) is 0 Å². The number of anilines is 1. The summed E-state index contributed by atoms with van der Waals surface area (Å²) in [5, 5.41) is 19.2. The van der Waals surface area contributed by atoms with Crippen LogP contribution in [0.15, 0.2) is 18.2 Å². The number of aliphatic hydroxyl groups excluding tert-OH is 2. The molecule has 0 bridgehead atoms. The average molecular weight is 244 g/mol. The molecule has 1 aromatic rings. The van der Waals surface area contributed by atoms with Gasteiger partial charge < -0.3 is 15.1 Å². The van der Waals surface area contributed by atoms with Gasteiger partial charge >= 0.3 is 0 Å². The number of hydrogen-bond acceptors (Lipinski definition) is 3. The van der Waals surface area contributed by atoms with Crippen LogP contribution in [0, 0.1) is 0 Å². The first kappa shape index (κ1) is 13.3. The third-order valence-corrected chi connectivity index (χ3v) is 3.10. The van der Waals surface area contributed by atoms with Crippen LogP contribution in [0.3, 0.4) is 0 Å². The Morgan fingerprint density at radius 3 is 2.44 bits per heavy atom. The van der Waals surface area contributed by atoms with E-state index < -0.39 is 0 Å². The normalized spacial score (nSPS) is 11.6. The predicted molar refractivity (Wildman–Crippen MR) is 66.9 cm³/mol. The number of benzene rings is 1. The number of rotatable bonds is 4. The van der Waals surface area contributed by atoms with Gasteiger partial charge in [0.15, 0.2) is 0 Å². The van der Waals surface area contributed by atoms with Crippen molar-refractivity contribution in [1.29, 1.82) is 0 Å². The van der Waals surface area contributed by atoms with E-state index >= 15 is 0 Å². The summed E-state index contributed by atoms with van der Waals surface area (Å²) >= 11 is 5.87. The van der Waals surface area contributed by atoms with E-state index in [1.165, 1.54) is 0 Å². The lowest BCUT2D eigenvalue weighted by molar-refractivity contribution is 0.215. The van der Waals surface area contributed by atoms with Gasteiger partial charge in [-0.05, 0) is 32.0 Å². The van der Waals surface area contributed by atoms with E-state index in [1.807, 2.05) is 31.9 Å². The first-order valence-corrected chi connectivity index (χ1v) is 5.54. The number of aliphatic hydroxyl groups is 2. The van der Waals surface area contributed by atoms with Crippen LogP contribution in [0.2, 0.25) is 5.02 Å². The van der Waals surface area contributed by atoms with Gasteiger partial charge in [-0.15, -0.1) is 0 Å². The SMILES string of the molecule is CN(c1ccc(Cl)cc1CO)C(C)(C)CO. The summed E-state index contributed by atoms with van der Waals surface area (Å²) in [6.07, 6.45) is 0. The maximum Gasteiger partial charge on any atom is 0.0702 e. The van der Waals surface area contributed by atoms with E-state index in [1.54, 1.807) is 12.1 Å². The lowest BCUT2D eigenvalue weighted by Gasteiger charge is -2.37. The van der Waals surface area contributed by atoms with Crippen LogP contribution < -0.4 is 4.90 Å². The monoisotopic (exact) mass is 243 g/mol. The minimum atomic E-state index is -0.377. The topological polar surface area (TPSA) is 43.7 Å². The lowest BCUT2D eigenvalue weighted by atomic mass is 10.0. The summed E-state index contributed by atoms with van der Waals surface area (Å²) in [4.78, 5) is 1.94. The van der Waals surface area contributed by atoms with Gasteiger partial charge in [-0.2, -0.15) is 0 Å². The van der Waals surface area contributed by atoms with Crippen molar-refractivity contribution in [3.63, 3.8) is 0 Å². The van der Waals surface area contributed by atoms with Gasteiger partial charge in [-0.3, -0.25) is 0 Å². The molecule has 0 aromatic heterocycles. The highest BCUT2D eigenvalue weighted by molar-refractivity contribution is 6.30. The molecule has 1 rings (SSSR count). The maximum absolute atomic E-state index is 9.31. The summed E-state index contributed by atoms with van der Waals surface area (Å²) in [7, 11) is 1.89. The molecule has 16 heavy (non-hydrogen) atoms. The Hall–Kier alpha value is -0.770. The van der Waals surface area contributed by atoms with Crippen molar-refractivity contribution in [2.45, 2.75) is 26.0 Å². The van der Waals surface area contributed by atoms with Gasteiger partial charge in [0.25, 0.3) is 0 Å². The van der Waals surface area contributed by atoms with E-state index in [4.69, 9.17) is 11.6 Å². The molecule has 0 saturated carbocycles. The van der Waals surface area contributed by atoms with Crippen LogP contribution >= 0.6 is 11.6 Å². The van der Waals surface area contributed by atoms with Crippen LogP contribution in [-0.2, 0) is 6.61 Å². The molecule has 0 heterocycles. The fraction of sp³-hybridized carbons (Fsp3) is 0.500. The van der Waals surface area contributed by atoms with Crippen LogP contribution in [0.25, 0.3) is 0 Å². The highest BCUT2D eigenvalue weighted by Crippen LogP contribution is 2.28. The maximum atomic E-state index is 9.31. The molecule has 0 aliphatic rings. The van der Waals surface area contributed by atoms with Gasteiger partial charge in [0.05, 0.1) is 18.8 Å². The Balaban J connectivity index is 3.13. The highest BCUT2D eigenvalue weighted by atomic mass is 35.5. The molecule has 0 unspecified atom stereocenters. The van der Waals surface area contributed by atoms with Gasteiger partial charge in [-0.1, -0.05) is 11.6 Å². The van der Waals surface area contributed by atoms with E-state index in [0.717, 1.165) is 11.3 Å². The minimum absolute atomic E-state index is 0.0387. The second-order valence-corrected chi connectivity index (χ2v) is 4.90. The van der Waals surface area contributed by atoms with Crippen LogP contribution in [0.4, 0.5) is 5.69 Å². The Morgan fingerprint density at radius 1 is 1.31 bits per heavy atom. The molecule has 3 nitrogen and oxygen atoms in total. The third-order valence-electron chi connectivity index (χ3n) is 2.87. The zero-order valence-corrected chi connectivity index (χ0v) is 10.6. The molecule has 2 N–H and O–H groups in total. The molecule has 0 spiro atoms. The molecule has 4 heteroatoms. The second-order valence-electron chi connectivity index (χ2n) is 4.46. The molecule has 0 atom stereocenters. The Morgan fingerprint density at radius 2 is 1.94 bits per heavy atom. The van der Waals surface area contributed by atoms with Crippen molar-refractivity contribution in [3.05, 3.63) is 28.8 Å². The molecule has 1 aromatic carbocycles. The van der Waals surface area contributed by atoms with E-state index in [-0.39, 0.29) is 18.8 Å². The number of halogens is 1. The smallest absolute Gasteiger partial charge is 0.0702 e. The van der Waals surface area contributed by atoms with Gasteiger partial charge in [-0.25, -0.2) is 0 Å². The van der Waals surface area contributed by atoms with Crippen LogP contribution in [0.1, 0.15) is 19.4 Å². The summed E-state index contributed by atoms with van der Waals surface area (Å²) in [5.74, 6) is 0.